The van der Waals surface area contributed by atoms with Crippen LogP contribution in [0.15, 0.2) is 48.0 Å². The van der Waals surface area contributed by atoms with Crippen LogP contribution >= 0.6 is 11.3 Å². The van der Waals surface area contributed by atoms with Crippen molar-refractivity contribution in [3.63, 3.8) is 0 Å². The Morgan fingerprint density at radius 2 is 2.04 bits per heavy atom. The first-order chi connectivity index (χ1) is 11.6. The topological polar surface area (TPSA) is 54.5 Å². The number of hydrogen-bond donors (Lipinski definition) is 1. The van der Waals surface area contributed by atoms with E-state index in [1.165, 1.54) is 11.3 Å². The molecule has 0 aliphatic rings. The van der Waals surface area contributed by atoms with Gasteiger partial charge in [0.1, 0.15) is 5.75 Å². The maximum absolute atomic E-state index is 12.0. The molecule has 6 heteroatoms. The first-order valence-electron chi connectivity index (χ1n) is 7.58. The predicted octanol–water partition coefficient (Wildman–Crippen LogP) is 3.38. The molecular formula is C18H19N3O2S. The van der Waals surface area contributed by atoms with Crippen molar-refractivity contribution in [1.29, 1.82) is 0 Å². The molecule has 1 heterocycles. The summed E-state index contributed by atoms with van der Waals surface area (Å²) in [6, 6.07) is 12.3. The SMILES string of the molecule is COc1ccc2cc(CN(C)CC(=O)Nc3nccs3)ccc2c1. The average molecular weight is 341 g/mol. The molecule has 2 aromatic carbocycles. The predicted molar refractivity (Wildman–Crippen MR) is 97.6 cm³/mol. The molecule has 0 aliphatic heterocycles. The average Bonchev–Trinajstić information content (AvgIpc) is 3.06. The molecule has 0 spiro atoms. The Hall–Kier alpha value is -2.44. The van der Waals surface area contributed by atoms with Crippen molar-refractivity contribution >= 4 is 33.1 Å². The Bertz CT molecular complexity index is 833. The molecule has 0 atom stereocenters. The largest absolute Gasteiger partial charge is 0.497 e. The second-order valence-corrected chi connectivity index (χ2v) is 6.50. The maximum atomic E-state index is 12.0. The van der Waals surface area contributed by atoms with E-state index in [1.807, 2.05) is 35.5 Å². The van der Waals surface area contributed by atoms with Crippen LogP contribution in [0.4, 0.5) is 5.13 Å². The number of likely N-dealkylation sites (N-methyl/N-ethyl adjacent to an activating group) is 1. The summed E-state index contributed by atoms with van der Waals surface area (Å²) in [5, 5.41) is 7.57. The molecule has 0 bridgehead atoms. The standard InChI is InChI=1S/C18H19N3O2S/c1-21(12-17(22)20-18-19-7-8-24-18)11-13-3-4-15-10-16(23-2)6-5-14(15)9-13/h3-10H,11-12H2,1-2H3,(H,19,20,22). The monoisotopic (exact) mass is 341 g/mol. The summed E-state index contributed by atoms with van der Waals surface area (Å²) in [5.74, 6) is 0.796. The Morgan fingerprint density at radius 1 is 1.25 bits per heavy atom. The van der Waals surface area contributed by atoms with E-state index in [2.05, 4.69) is 28.5 Å². The van der Waals surface area contributed by atoms with E-state index in [9.17, 15) is 4.79 Å². The van der Waals surface area contributed by atoms with Crippen molar-refractivity contribution in [3.05, 3.63) is 53.5 Å². The minimum absolute atomic E-state index is 0.0574. The first-order valence-corrected chi connectivity index (χ1v) is 8.46. The van der Waals surface area contributed by atoms with Crippen LogP contribution in [-0.2, 0) is 11.3 Å². The quantitative estimate of drug-likeness (QED) is 0.747. The van der Waals surface area contributed by atoms with Crippen LogP contribution in [0.3, 0.4) is 0 Å². The molecular weight excluding hydrogens is 322 g/mol. The van der Waals surface area contributed by atoms with Gasteiger partial charge < -0.3 is 10.1 Å². The van der Waals surface area contributed by atoms with E-state index in [1.54, 1.807) is 13.3 Å². The Labute approximate surface area is 144 Å². The fourth-order valence-electron chi connectivity index (χ4n) is 2.56. The molecule has 3 rings (SSSR count). The third-order valence-corrected chi connectivity index (χ3v) is 4.35. The van der Waals surface area contributed by atoms with Crippen LogP contribution in [0.5, 0.6) is 5.75 Å². The van der Waals surface area contributed by atoms with Gasteiger partial charge in [-0.15, -0.1) is 11.3 Å². The highest BCUT2D eigenvalue weighted by Crippen LogP contribution is 2.22. The van der Waals surface area contributed by atoms with E-state index >= 15 is 0 Å². The molecule has 24 heavy (non-hydrogen) atoms. The summed E-state index contributed by atoms with van der Waals surface area (Å²) >= 11 is 1.41. The summed E-state index contributed by atoms with van der Waals surface area (Å²) < 4.78 is 5.25. The first kappa shape index (κ1) is 16.4. The zero-order valence-electron chi connectivity index (χ0n) is 13.7. The molecule has 124 valence electrons. The number of anilines is 1. The molecule has 0 radical (unpaired) electrons. The molecule has 0 unspecified atom stereocenters. The molecule has 3 aromatic rings. The molecule has 0 fully saturated rings. The highest BCUT2D eigenvalue weighted by Gasteiger charge is 2.09. The number of rotatable bonds is 6. The number of carbonyl (C=O) groups excluding carboxylic acids is 1. The second kappa shape index (κ2) is 7.42. The van der Waals surface area contributed by atoms with E-state index < -0.39 is 0 Å². The number of thiazole rings is 1. The maximum Gasteiger partial charge on any atom is 0.240 e. The van der Waals surface area contributed by atoms with E-state index in [0.717, 1.165) is 22.1 Å². The number of nitrogens with one attached hydrogen (secondary N) is 1. The van der Waals surface area contributed by atoms with Gasteiger partial charge in [0.15, 0.2) is 5.13 Å². The number of benzene rings is 2. The molecule has 0 aliphatic carbocycles. The zero-order chi connectivity index (χ0) is 16.9. The van der Waals surface area contributed by atoms with Crippen LogP contribution < -0.4 is 10.1 Å². The van der Waals surface area contributed by atoms with Crippen molar-refractivity contribution in [2.45, 2.75) is 6.54 Å². The number of methoxy groups -OCH3 is 1. The van der Waals surface area contributed by atoms with Crippen molar-refractivity contribution in [1.82, 2.24) is 9.88 Å². The summed E-state index contributed by atoms with van der Waals surface area (Å²) in [6.45, 7) is 1.02. The minimum atomic E-state index is -0.0574. The lowest BCUT2D eigenvalue weighted by Crippen LogP contribution is -2.29. The molecule has 0 saturated heterocycles. The lowest BCUT2D eigenvalue weighted by atomic mass is 10.1. The molecule has 1 N–H and O–H groups in total. The minimum Gasteiger partial charge on any atom is -0.497 e. The van der Waals surface area contributed by atoms with Crippen molar-refractivity contribution in [3.8, 4) is 5.75 Å². The normalized spacial score (nSPS) is 11.0. The third-order valence-electron chi connectivity index (χ3n) is 3.66. The van der Waals surface area contributed by atoms with Gasteiger partial charge in [-0.25, -0.2) is 4.98 Å². The van der Waals surface area contributed by atoms with E-state index in [0.29, 0.717) is 18.2 Å². The molecule has 1 amide bonds. The Morgan fingerprint density at radius 3 is 2.79 bits per heavy atom. The van der Waals surface area contributed by atoms with Crippen LogP contribution in [0.2, 0.25) is 0 Å². The van der Waals surface area contributed by atoms with Gasteiger partial charge in [-0.1, -0.05) is 18.2 Å². The summed E-state index contributed by atoms with van der Waals surface area (Å²) in [4.78, 5) is 18.0. The van der Waals surface area contributed by atoms with Gasteiger partial charge in [0.2, 0.25) is 5.91 Å². The number of amides is 1. The lowest BCUT2D eigenvalue weighted by molar-refractivity contribution is -0.117. The van der Waals surface area contributed by atoms with Crippen LogP contribution in [0.1, 0.15) is 5.56 Å². The van der Waals surface area contributed by atoms with Gasteiger partial charge in [-0.05, 0) is 41.6 Å². The number of nitrogens with zero attached hydrogens (tertiary/aromatic N) is 2. The van der Waals surface area contributed by atoms with Gasteiger partial charge >= 0.3 is 0 Å². The fraction of sp³-hybridized carbons (Fsp3) is 0.222. The van der Waals surface area contributed by atoms with Gasteiger partial charge in [-0.3, -0.25) is 9.69 Å². The molecule has 1 aromatic heterocycles. The third kappa shape index (κ3) is 4.10. The Balaban J connectivity index is 1.62. The number of ether oxygens (including phenoxy) is 1. The van der Waals surface area contributed by atoms with Crippen LogP contribution in [0, 0.1) is 0 Å². The van der Waals surface area contributed by atoms with Gasteiger partial charge in [0.25, 0.3) is 0 Å². The van der Waals surface area contributed by atoms with Gasteiger partial charge in [0.05, 0.1) is 13.7 Å². The van der Waals surface area contributed by atoms with Gasteiger partial charge in [0, 0.05) is 18.1 Å². The smallest absolute Gasteiger partial charge is 0.240 e. The van der Waals surface area contributed by atoms with Crippen molar-refractivity contribution in [2.75, 3.05) is 26.0 Å². The molecule has 5 nitrogen and oxygen atoms in total. The second-order valence-electron chi connectivity index (χ2n) is 5.61. The Kier molecular flexibility index (Phi) is 5.08. The lowest BCUT2D eigenvalue weighted by Gasteiger charge is -2.16. The fourth-order valence-corrected chi connectivity index (χ4v) is 3.10. The zero-order valence-corrected chi connectivity index (χ0v) is 14.5. The summed E-state index contributed by atoms with van der Waals surface area (Å²) in [7, 11) is 3.60. The van der Waals surface area contributed by atoms with Crippen molar-refractivity contribution in [2.24, 2.45) is 0 Å². The number of hydrogen-bond acceptors (Lipinski definition) is 5. The van der Waals surface area contributed by atoms with Crippen LogP contribution in [0.25, 0.3) is 10.8 Å². The van der Waals surface area contributed by atoms with E-state index in [4.69, 9.17) is 4.74 Å². The van der Waals surface area contributed by atoms with E-state index in [-0.39, 0.29) is 5.91 Å². The number of fused-ring (bicyclic) bond motifs is 1. The number of aromatic nitrogens is 1. The highest BCUT2D eigenvalue weighted by atomic mass is 32.1. The van der Waals surface area contributed by atoms with Crippen LogP contribution in [-0.4, -0.2) is 36.5 Å². The molecule has 0 saturated carbocycles. The highest BCUT2D eigenvalue weighted by molar-refractivity contribution is 7.13. The number of carbonyl (C=O) groups is 1. The van der Waals surface area contributed by atoms with Crippen molar-refractivity contribution < 1.29 is 9.53 Å². The summed E-state index contributed by atoms with van der Waals surface area (Å²) in [5.41, 5.74) is 1.16. The summed E-state index contributed by atoms with van der Waals surface area (Å²) in [6.07, 6.45) is 1.67. The van der Waals surface area contributed by atoms with Gasteiger partial charge in [-0.2, -0.15) is 0 Å².